The zero-order valence-electron chi connectivity index (χ0n) is 12.1. The summed E-state index contributed by atoms with van der Waals surface area (Å²) in [4.78, 5) is 5.30. The van der Waals surface area contributed by atoms with Crippen LogP contribution in [0.5, 0.6) is 0 Å². The fraction of sp³-hybridized carbons (Fsp3) is 0.0625. The van der Waals surface area contributed by atoms with Gasteiger partial charge in [0, 0.05) is 11.1 Å². The molecule has 0 radical (unpaired) electrons. The van der Waals surface area contributed by atoms with E-state index in [0.717, 1.165) is 10.4 Å². The summed E-state index contributed by atoms with van der Waals surface area (Å²) in [6, 6.07) is 17.1. The number of primary sulfonamides is 1. The summed E-state index contributed by atoms with van der Waals surface area (Å²) in [5.74, 6) is 0.583. The van der Waals surface area contributed by atoms with E-state index >= 15 is 0 Å². The number of rotatable bonds is 5. The molecule has 0 amide bonds. The molecule has 0 bridgehead atoms. The first kappa shape index (κ1) is 15.7. The Kier molecular flexibility index (Phi) is 4.42. The predicted molar refractivity (Wildman–Crippen MR) is 91.8 cm³/mol. The molecule has 0 aliphatic rings. The molecule has 3 aromatic rings. The summed E-state index contributed by atoms with van der Waals surface area (Å²) in [5, 5.41) is 10.4. The van der Waals surface area contributed by atoms with Gasteiger partial charge in [0.05, 0.1) is 6.04 Å². The average Bonchev–Trinajstić information content (AvgIpc) is 3.07. The van der Waals surface area contributed by atoms with E-state index in [1.165, 1.54) is 12.3 Å². The number of nitrogens with two attached hydrogens (primary N) is 1. The highest BCUT2D eigenvalue weighted by Gasteiger charge is 2.16. The molecule has 23 heavy (non-hydrogen) atoms. The number of hydrogen-bond donors (Lipinski definition) is 2. The lowest BCUT2D eigenvalue weighted by Crippen LogP contribution is -2.14. The van der Waals surface area contributed by atoms with Crippen molar-refractivity contribution in [2.75, 3.05) is 5.32 Å². The molecule has 2 heterocycles. The third kappa shape index (κ3) is 3.76. The van der Waals surface area contributed by atoms with E-state index in [9.17, 15) is 8.42 Å². The summed E-state index contributed by atoms with van der Waals surface area (Å²) in [6.45, 7) is 0. The minimum absolute atomic E-state index is 0.00423. The Balaban J connectivity index is 1.90. The second kappa shape index (κ2) is 6.49. The molecule has 0 aliphatic carbocycles. The van der Waals surface area contributed by atoms with Crippen molar-refractivity contribution in [1.82, 2.24) is 4.98 Å². The number of nitrogens with one attached hydrogen (secondary N) is 1. The maximum absolute atomic E-state index is 11.3. The van der Waals surface area contributed by atoms with Crippen LogP contribution in [0.4, 0.5) is 5.82 Å². The number of hydrogen-bond acceptors (Lipinski definition) is 5. The molecule has 3 N–H and O–H groups in total. The van der Waals surface area contributed by atoms with Crippen LogP contribution in [0, 0.1) is 0 Å². The largest absolute Gasteiger partial charge is 0.358 e. The smallest absolute Gasteiger partial charge is 0.239 e. The lowest BCUT2D eigenvalue weighted by atomic mass is 10.1. The lowest BCUT2D eigenvalue weighted by molar-refractivity contribution is 0.597. The normalized spacial score (nSPS) is 12.7. The molecule has 0 saturated carbocycles. The molecule has 2 aromatic heterocycles. The zero-order valence-corrected chi connectivity index (χ0v) is 13.7. The molecule has 0 aliphatic heterocycles. The van der Waals surface area contributed by atoms with E-state index in [2.05, 4.69) is 10.3 Å². The Bertz CT molecular complexity index is 861. The van der Waals surface area contributed by atoms with Gasteiger partial charge in [0.2, 0.25) is 10.0 Å². The molecular weight excluding hydrogens is 330 g/mol. The summed E-state index contributed by atoms with van der Waals surface area (Å²) in [7, 11) is -3.73. The fourth-order valence-corrected chi connectivity index (χ4v) is 3.46. The Morgan fingerprint density at radius 2 is 1.83 bits per heavy atom. The molecule has 0 unspecified atom stereocenters. The highest BCUT2D eigenvalue weighted by atomic mass is 32.2. The Labute approximate surface area is 138 Å². The number of thiophene rings is 1. The van der Waals surface area contributed by atoms with Crippen LogP contribution in [-0.4, -0.2) is 13.4 Å². The zero-order chi connectivity index (χ0) is 16.3. The number of anilines is 1. The first-order valence-corrected chi connectivity index (χ1v) is 9.30. The average molecular weight is 345 g/mol. The number of pyridine rings is 1. The van der Waals surface area contributed by atoms with E-state index in [-0.39, 0.29) is 10.9 Å². The van der Waals surface area contributed by atoms with Crippen molar-refractivity contribution in [2.45, 2.75) is 10.9 Å². The highest BCUT2D eigenvalue weighted by Crippen LogP contribution is 2.29. The van der Waals surface area contributed by atoms with E-state index in [0.29, 0.717) is 5.82 Å². The van der Waals surface area contributed by atoms with Crippen LogP contribution in [0.25, 0.3) is 0 Å². The van der Waals surface area contributed by atoms with Crippen molar-refractivity contribution < 1.29 is 8.42 Å². The van der Waals surface area contributed by atoms with Crippen LogP contribution in [0.15, 0.2) is 71.1 Å². The van der Waals surface area contributed by atoms with E-state index < -0.39 is 10.0 Å². The van der Waals surface area contributed by atoms with Gasteiger partial charge in [0.15, 0.2) is 0 Å². The van der Waals surface area contributed by atoms with E-state index in [4.69, 9.17) is 5.14 Å². The number of nitrogens with zero attached hydrogens (tertiary/aromatic N) is 1. The minimum atomic E-state index is -3.73. The fourth-order valence-electron chi connectivity index (χ4n) is 2.20. The molecule has 1 atom stereocenters. The molecule has 0 spiro atoms. The third-order valence-electron chi connectivity index (χ3n) is 3.32. The van der Waals surface area contributed by atoms with Gasteiger partial charge in [-0.3, -0.25) is 0 Å². The van der Waals surface area contributed by atoms with Crippen molar-refractivity contribution in [3.63, 3.8) is 0 Å². The van der Waals surface area contributed by atoms with Gasteiger partial charge in [-0.25, -0.2) is 18.5 Å². The summed E-state index contributed by atoms with van der Waals surface area (Å²) < 4.78 is 22.6. The quantitative estimate of drug-likeness (QED) is 0.744. The lowest BCUT2D eigenvalue weighted by Gasteiger charge is -2.18. The summed E-state index contributed by atoms with van der Waals surface area (Å²) >= 11 is 1.65. The highest BCUT2D eigenvalue weighted by molar-refractivity contribution is 7.89. The van der Waals surface area contributed by atoms with Crippen LogP contribution < -0.4 is 10.5 Å². The van der Waals surface area contributed by atoms with Gasteiger partial charge in [-0.2, -0.15) is 0 Å². The molecule has 0 fully saturated rings. The number of benzene rings is 1. The molecule has 3 rings (SSSR count). The van der Waals surface area contributed by atoms with Crippen molar-refractivity contribution in [2.24, 2.45) is 5.14 Å². The second-order valence-electron chi connectivity index (χ2n) is 4.93. The molecule has 1 aromatic carbocycles. The van der Waals surface area contributed by atoms with E-state index in [1.54, 1.807) is 17.4 Å². The maximum atomic E-state index is 11.3. The number of aromatic nitrogens is 1. The summed E-state index contributed by atoms with van der Waals surface area (Å²) in [6.07, 6.45) is 1.26. The van der Waals surface area contributed by atoms with Crippen LogP contribution >= 0.6 is 11.3 Å². The topological polar surface area (TPSA) is 85.1 Å². The SMILES string of the molecule is NS(=O)(=O)c1ccc(N[C@@H](c2ccccc2)c2cccs2)nc1. The minimum Gasteiger partial charge on any atom is -0.358 e. The van der Waals surface area contributed by atoms with Gasteiger partial charge in [-0.05, 0) is 29.1 Å². The van der Waals surface area contributed by atoms with Crippen molar-refractivity contribution in [1.29, 1.82) is 0 Å². The van der Waals surface area contributed by atoms with Crippen LogP contribution in [0.1, 0.15) is 16.5 Å². The monoisotopic (exact) mass is 345 g/mol. The molecule has 118 valence electrons. The van der Waals surface area contributed by atoms with E-state index in [1.807, 2.05) is 47.8 Å². The first-order chi connectivity index (χ1) is 11.0. The van der Waals surface area contributed by atoms with Gasteiger partial charge in [0.25, 0.3) is 0 Å². The number of sulfonamides is 1. The van der Waals surface area contributed by atoms with Gasteiger partial charge in [0.1, 0.15) is 10.7 Å². The van der Waals surface area contributed by atoms with Crippen molar-refractivity contribution in [3.8, 4) is 0 Å². The Morgan fingerprint density at radius 3 is 2.39 bits per heavy atom. The molecule has 0 saturated heterocycles. The third-order valence-corrected chi connectivity index (χ3v) is 5.15. The predicted octanol–water partition coefficient (Wildman–Crippen LogP) is 2.99. The van der Waals surface area contributed by atoms with Crippen LogP contribution in [0.3, 0.4) is 0 Å². The van der Waals surface area contributed by atoms with Gasteiger partial charge in [-0.1, -0.05) is 36.4 Å². The van der Waals surface area contributed by atoms with Crippen LogP contribution in [-0.2, 0) is 10.0 Å². The summed E-state index contributed by atoms with van der Waals surface area (Å²) in [5.41, 5.74) is 1.10. The molecular formula is C16H15N3O2S2. The standard InChI is InChI=1S/C16H15N3O2S2/c17-23(20,21)13-8-9-15(18-11-13)19-16(14-7-4-10-22-14)12-5-2-1-3-6-12/h1-11,16H,(H,18,19)(H2,17,20,21)/t16-/m0/s1. The Morgan fingerprint density at radius 1 is 1.04 bits per heavy atom. The van der Waals surface area contributed by atoms with Crippen LogP contribution in [0.2, 0.25) is 0 Å². The maximum Gasteiger partial charge on any atom is 0.239 e. The van der Waals surface area contributed by atoms with Gasteiger partial charge >= 0.3 is 0 Å². The molecule has 5 nitrogen and oxygen atoms in total. The second-order valence-corrected chi connectivity index (χ2v) is 7.47. The van der Waals surface area contributed by atoms with Gasteiger partial charge in [-0.15, -0.1) is 11.3 Å². The van der Waals surface area contributed by atoms with Gasteiger partial charge < -0.3 is 5.32 Å². The Hall–Kier alpha value is -2.22. The first-order valence-electron chi connectivity index (χ1n) is 6.88. The van der Waals surface area contributed by atoms with Crippen molar-refractivity contribution in [3.05, 3.63) is 76.6 Å². The molecule has 7 heteroatoms. The van der Waals surface area contributed by atoms with Crippen molar-refractivity contribution >= 4 is 27.2 Å².